The number of hydrogen-bond donors (Lipinski definition) is 1. The minimum Gasteiger partial charge on any atom is -0.400 e. The van der Waals surface area contributed by atoms with Crippen LogP contribution in [0.1, 0.15) is 44.7 Å². The van der Waals surface area contributed by atoms with Crippen molar-refractivity contribution in [3.05, 3.63) is 35.4 Å². The summed E-state index contributed by atoms with van der Waals surface area (Å²) in [6.07, 6.45) is 2.27. The third kappa shape index (κ3) is 5.05. The van der Waals surface area contributed by atoms with Gasteiger partial charge in [0.2, 0.25) is 0 Å². The molecule has 148 valence electrons. The molecule has 1 atom stereocenters. The van der Waals surface area contributed by atoms with Gasteiger partial charge in [-0.05, 0) is 61.4 Å². The van der Waals surface area contributed by atoms with Gasteiger partial charge < -0.3 is 9.84 Å². The minimum atomic E-state index is 0.231. The number of aryl methyl sites for hydroxylation is 3. The van der Waals surface area contributed by atoms with E-state index in [2.05, 4.69) is 58.9 Å². The fourth-order valence-electron chi connectivity index (χ4n) is 3.23. The van der Waals surface area contributed by atoms with Crippen LogP contribution in [0.2, 0.25) is 0 Å². The molecule has 0 radical (unpaired) electrons. The van der Waals surface area contributed by atoms with Gasteiger partial charge in [-0.3, -0.25) is 0 Å². The molecule has 3 aromatic rings. The number of nitrogens with zero attached hydrogens (tertiary/aromatic N) is 3. The van der Waals surface area contributed by atoms with E-state index < -0.39 is 0 Å². The Morgan fingerprint density at radius 1 is 0.926 bits per heavy atom. The molecule has 0 spiro atoms. The van der Waals surface area contributed by atoms with E-state index in [4.69, 9.17) is 20.0 Å². The van der Waals surface area contributed by atoms with Crippen molar-refractivity contribution >= 4 is 21.8 Å². The number of rotatable bonds is 7. The normalized spacial score (nSPS) is 12.4. The van der Waals surface area contributed by atoms with Gasteiger partial charge in [0.25, 0.3) is 0 Å². The van der Waals surface area contributed by atoms with Crippen LogP contribution in [0.15, 0.2) is 24.3 Å². The Morgan fingerprint density at radius 3 is 1.93 bits per heavy atom. The predicted molar refractivity (Wildman–Crippen MR) is 112 cm³/mol. The average Bonchev–Trinajstić information content (AvgIpc) is 3.11. The second-order valence-electron chi connectivity index (χ2n) is 7.44. The summed E-state index contributed by atoms with van der Waals surface area (Å²) in [5, 5.41) is 19.0. The van der Waals surface area contributed by atoms with Crippen LogP contribution in [0.4, 0.5) is 0 Å². The minimum absolute atomic E-state index is 0.231. The third-order valence-electron chi connectivity index (χ3n) is 4.93. The first kappa shape index (κ1) is 21.3. The van der Waals surface area contributed by atoms with Gasteiger partial charge in [0.15, 0.2) is 0 Å². The molecule has 0 aliphatic carbocycles. The molecule has 0 aliphatic rings. The number of hydrogen-bond acceptors (Lipinski definition) is 4. The first-order valence-electron chi connectivity index (χ1n) is 9.76. The highest BCUT2D eigenvalue weighted by atomic mass is 16.5. The maximum absolute atomic E-state index is 7.00. The van der Waals surface area contributed by atoms with Crippen molar-refractivity contribution in [2.75, 3.05) is 13.7 Å². The Kier molecular flexibility index (Phi) is 7.75. The maximum atomic E-state index is 7.00. The lowest BCUT2D eigenvalue weighted by atomic mass is 9.99. The Bertz CT molecular complexity index is 812. The van der Waals surface area contributed by atoms with Crippen molar-refractivity contribution in [2.45, 2.75) is 60.1 Å². The Hall–Kier alpha value is -1.98. The lowest BCUT2D eigenvalue weighted by molar-refractivity contribution is 0.0492. The van der Waals surface area contributed by atoms with E-state index in [1.807, 2.05) is 4.80 Å². The van der Waals surface area contributed by atoms with E-state index in [1.54, 1.807) is 0 Å². The summed E-state index contributed by atoms with van der Waals surface area (Å²) in [6, 6.07) is 8.50. The van der Waals surface area contributed by atoms with Crippen molar-refractivity contribution in [1.29, 1.82) is 0 Å². The van der Waals surface area contributed by atoms with Gasteiger partial charge >= 0.3 is 0 Å². The summed E-state index contributed by atoms with van der Waals surface area (Å²) in [5.74, 6) is 0.686. The summed E-state index contributed by atoms with van der Waals surface area (Å²) >= 11 is 0. The number of aromatic nitrogens is 3. The summed E-state index contributed by atoms with van der Waals surface area (Å²) < 4.78 is 5.89. The molecule has 0 fully saturated rings. The van der Waals surface area contributed by atoms with E-state index in [1.165, 1.54) is 21.9 Å². The smallest absolute Gasteiger partial charge is 0.117 e. The van der Waals surface area contributed by atoms with Crippen LogP contribution in [0.25, 0.3) is 21.8 Å². The number of ether oxygens (including phenoxy) is 1. The molecule has 1 aromatic heterocycles. The first-order valence-corrected chi connectivity index (χ1v) is 9.76. The molecule has 0 amide bonds. The summed E-state index contributed by atoms with van der Waals surface area (Å²) in [4.78, 5) is 1.84. The molecule has 2 aromatic carbocycles. The molecule has 1 N–H and O–H groups in total. The quantitative estimate of drug-likeness (QED) is 0.657. The highest BCUT2D eigenvalue weighted by molar-refractivity contribution is 6.02. The van der Waals surface area contributed by atoms with Crippen molar-refractivity contribution < 1.29 is 9.84 Å². The van der Waals surface area contributed by atoms with Crippen molar-refractivity contribution in [1.82, 2.24) is 15.0 Å². The van der Waals surface area contributed by atoms with Gasteiger partial charge in [-0.1, -0.05) is 38.1 Å². The highest BCUT2D eigenvalue weighted by Crippen LogP contribution is 2.29. The summed E-state index contributed by atoms with van der Waals surface area (Å²) in [6.45, 7) is 12.5. The Labute approximate surface area is 162 Å². The molecular formula is C22H33N3O2. The van der Waals surface area contributed by atoms with Gasteiger partial charge in [-0.15, -0.1) is 0 Å². The van der Waals surface area contributed by atoms with Crippen molar-refractivity contribution in [3.63, 3.8) is 0 Å². The van der Waals surface area contributed by atoms with Gasteiger partial charge in [0, 0.05) is 13.7 Å². The largest absolute Gasteiger partial charge is 0.400 e. The zero-order chi connectivity index (χ0) is 20.0. The number of fused-ring (bicyclic) bond motifs is 2. The molecule has 1 heterocycles. The van der Waals surface area contributed by atoms with Crippen LogP contribution in [0.5, 0.6) is 0 Å². The van der Waals surface area contributed by atoms with E-state index in [-0.39, 0.29) is 6.10 Å². The number of aliphatic hydroxyl groups is 1. The molecule has 5 nitrogen and oxygen atoms in total. The van der Waals surface area contributed by atoms with Crippen LogP contribution in [0, 0.1) is 19.8 Å². The molecule has 5 heteroatoms. The fraction of sp³-hybridized carbons (Fsp3) is 0.545. The topological polar surface area (TPSA) is 60.2 Å². The van der Waals surface area contributed by atoms with E-state index in [9.17, 15) is 0 Å². The summed E-state index contributed by atoms with van der Waals surface area (Å²) in [5.41, 5.74) is 4.46. The number of aliphatic hydroxyl groups excluding tert-OH is 1. The number of benzene rings is 2. The van der Waals surface area contributed by atoms with E-state index in [0.717, 1.165) is 44.1 Å². The zero-order valence-electron chi connectivity index (χ0n) is 17.5. The third-order valence-corrected chi connectivity index (χ3v) is 4.93. The monoisotopic (exact) mass is 371 g/mol. The van der Waals surface area contributed by atoms with E-state index in [0.29, 0.717) is 5.92 Å². The molecule has 3 rings (SSSR count). The highest BCUT2D eigenvalue weighted by Gasteiger charge is 2.14. The molecule has 27 heavy (non-hydrogen) atoms. The van der Waals surface area contributed by atoms with Crippen LogP contribution >= 0.6 is 0 Å². The molecule has 0 bridgehead atoms. The SMILES string of the molecule is CO.Cc1c2ccccc2c(C)c2nn(CCC(C)OCCC(C)C)nc12. The van der Waals surface area contributed by atoms with Gasteiger partial charge in [0.05, 0.1) is 12.6 Å². The zero-order valence-corrected chi connectivity index (χ0v) is 17.5. The van der Waals surface area contributed by atoms with Gasteiger partial charge in [0.1, 0.15) is 11.0 Å². The molecule has 0 saturated heterocycles. The standard InChI is InChI=1S/C21H29N3O.CH4O/c1-14(2)11-13-25-15(3)10-12-24-22-20-16(4)18-8-6-7-9-19(18)17(5)21(20)23-24;1-2/h6-9,14-15H,10-13H2,1-5H3;2H,1H3. The average molecular weight is 372 g/mol. The van der Waals surface area contributed by atoms with Gasteiger partial charge in [-0.2, -0.15) is 15.0 Å². The van der Waals surface area contributed by atoms with Crippen molar-refractivity contribution in [2.24, 2.45) is 5.92 Å². The van der Waals surface area contributed by atoms with Crippen molar-refractivity contribution in [3.8, 4) is 0 Å². The lowest BCUT2D eigenvalue weighted by Gasteiger charge is -2.13. The fourth-order valence-corrected chi connectivity index (χ4v) is 3.23. The molecule has 1 unspecified atom stereocenters. The maximum Gasteiger partial charge on any atom is 0.117 e. The predicted octanol–water partition coefficient (Wildman–Crippen LogP) is 4.65. The molecule has 0 saturated carbocycles. The second kappa shape index (κ2) is 9.81. The Balaban J connectivity index is 0.00000126. The molecular weight excluding hydrogens is 338 g/mol. The van der Waals surface area contributed by atoms with E-state index >= 15 is 0 Å². The van der Waals surface area contributed by atoms with Crippen LogP contribution in [-0.4, -0.2) is 39.9 Å². The van der Waals surface area contributed by atoms with Gasteiger partial charge in [-0.25, -0.2) is 0 Å². The van der Waals surface area contributed by atoms with Crippen LogP contribution in [-0.2, 0) is 11.3 Å². The Morgan fingerprint density at radius 2 is 1.44 bits per heavy atom. The first-order chi connectivity index (χ1) is 13.0. The summed E-state index contributed by atoms with van der Waals surface area (Å²) in [7, 11) is 1.00. The lowest BCUT2D eigenvalue weighted by Crippen LogP contribution is -2.15. The van der Waals surface area contributed by atoms with Crippen LogP contribution in [0.3, 0.4) is 0 Å². The second-order valence-corrected chi connectivity index (χ2v) is 7.44. The molecule has 0 aliphatic heterocycles. The van der Waals surface area contributed by atoms with Crippen LogP contribution < -0.4 is 0 Å².